The van der Waals surface area contributed by atoms with Crippen LogP contribution in [0.5, 0.6) is 5.75 Å². The quantitative estimate of drug-likeness (QED) is 0.317. The Morgan fingerprint density at radius 2 is 1.27 bits per heavy atom. The molecule has 0 unspecified atom stereocenters. The van der Waals surface area contributed by atoms with Crippen LogP contribution < -0.4 is 4.74 Å². The molecule has 0 fully saturated rings. The van der Waals surface area contributed by atoms with Crippen LogP contribution in [0.4, 0.5) is 0 Å². The van der Waals surface area contributed by atoms with E-state index in [0.29, 0.717) is 5.92 Å². The van der Waals surface area contributed by atoms with Gasteiger partial charge in [-0.15, -0.1) is 0 Å². The Hall–Kier alpha value is -2.54. The van der Waals surface area contributed by atoms with Gasteiger partial charge in [0.1, 0.15) is 5.75 Å². The molecule has 0 aromatic heterocycles. The van der Waals surface area contributed by atoms with Crippen molar-refractivity contribution in [3.63, 3.8) is 0 Å². The van der Waals surface area contributed by atoms with Crippen LogP contribution in [0.15, 0.2) is 66.7 Å². The van der Waals surface area contributed by atoms with E-state index in [-0.39, 0.29) is 17.4 Å². The normalized spacial score (nSPS) is 12.1. The van der Waals surface area contributed by atoms with Gasteiger partial charge in [-0.25, -0.2) is 0 Å². The van der Waals surface area contributed by atoms with Crippen LogP contribution in [0.1, 0.15) is 94.7 Å². The molecule has 176 valence electrons. The molecule has 0 radical (unpaired) electrons. The predicted octanol–water partition coefficient (Wildman–Crippen LogP) is 8.71. The number of hydrogen-bond donors (Lipinski definition) is 0. The van der Waals surface area contributed by atoms with Gasteiger partial charge in [0, 0.05) is 11.5 Å². The maximum absolute atomic E-state index is 6.68. The van der Waals surface area contributed by atoms with Gasteiger partial charge in [-0.05, 0) is 65.8 Å². The molecule has 0 saturated heterocycles. The molecule has 0 amide bonds. The Kier molecular flexibility index (Phi) is 8.05. The largest absolute Gasteiger partial charge is 0.490 e. The zero-order valence-corrected chi connectivity index (χ0v) is 21.9. The summed E-state index contributed by atoms with van der Waals surface area (Å²) in [7, 11) is 0. The molecule has 0 N–H and O–H groups in total. The molecule has 3 aromatic carbocycles. The van der Waals surface area contributed by atoms with Gasteiger partial charge in [0.15, 0.2) is 0 Å². The third-order valence-corrected chi connectivity index (χ3v) is 6.23. The number of hydrogen-bond acceptors (Lipinski definition) is 1. The number of benzene rings is 3. The second-order valence-electron chi connectivity index (χ2n) is 10.9. The summed E-state index contributed by atoms with van der Waals surface area (Å²) in [5.41, 5.74) is 8.27. The van der Waals surface area contributed by atoms with Crippen molar-refractivity contribution in [1.82, 2.24) is 0 Å². The first kappa shape index (κ1) is 25.1. The Morgan fingerprint density at radius 1 is 0.758 bits per heavy atom. The molecule has 0 bridgehead atoms. The Morgan fingerprint density at radius 3 is 1.67 bits per heavy atom. The molecule has 0 aliphatic rings. The molecule has 1 heteroatoms. The molecule has 0 spiro atoms. The van der Waals surface area contributed by atoms with E-state index in [0.717, 1.165) is 18.6 Å². The minimum atomic E-state index is 0.0528. The summed E-state index contributed by atoms with van der Waals surface area (Å²) >= 11 is 0. The maximum atomic E-state index is 6.68. The van der Waals surface area contributed by atoms with Gasteiger partial charge in [-0.3, -0.25) is 0 Å². The second-order valence-corrected chi connectivity index (χ2v) is 10.9. The summed E-state index contributed by atoms with van der Waals surface area (Å²) in [5.74, 6) is 1.81. The van der Waals surface area contributed by atoms with E-state index in [1.54, 1.807) is 0 Å². The highest BCUT2D eigenvalue weighted by molar-refractivity contribution is 5.58. The highest BCUT2D eigenvalue weighted by Crippen LogP contribution is 2.45. The molecule has 3 rings (SSSR count). The third-order valence-electron chi connectivity index (χ3n) is 6.23. The molecule has 1 nitrogen and oxygen atoms in total. The van der Waals surface area contributed by atoms with Crippen LogP contribution in [0, 0.1) is 5.92 Å². The van der Waals surface area contributed by atoms with E-state index in [2.05, 4.69) is 122 Å². The summed E-state index contributed by atoms with van der Waals surface area (Å²) in [5, 5.41) is 0. The fourth-order valence-corrected chi connectivity index (χ4v) is 4.90. The first-order chi connectivity index (χ1) is 15.6. The second kappa shape index (κ2) is 10.6. The summed E-state index contributed by atoms with van der Waals surface area (Å²) in [6.45, 7) is 18.2. The van der Waals surface area contributed by atoms with Crippen molar-refractivity contribution in [2.75, 3.05) is 0 Å². The van der Waals surface area contributed by atoms with Crippen LogP contribution >= 0.6 is 0 Å². The molecule has 0 aliphatic carbocycles. The maximum Gasteiger partial charge on any atom is 0.127 e. The summed E-state index contributed by atoms with van der Waals surface area (Å²) < 4.78 is 6.68. The topological polar surface area (TPSA) is 9.23 Å². The zero-order valence-electron chi connectivity index (χ0n) is 21.9. The van der Waals surface area contributed by atoms with Crippen molar-refractivity contribution >= 4 is 0 Å². The van der Waals surface area contributed by atoms with Crippen LogP contribution in [0.25, 0.3) is 0 Å². The van der Waals surface area contributed by atoms with Gasteiger partial charge in [-0.2, -0.15) is 0 Å². The first-order valence-electron chi connectivity index (χ1n) is 12.6. The average molecular weight is 443 g/mol. The lowest BCUT2D eigenvalue weighted by Crippen LogP contribution is -2.21. The number of rotatable bonds is 8. The molecule has 33 heavy (non-hydrogen) atoms. The van der Waals surface area contributed by atoms with Crippen molar-refractivity contribution in [3.8, 4) is 5.75 Å². The molecular weight excluding hydrogens is 400 g/mol. The third kappa shape index (κ3) is 5.88. The zero-order chi connectivity index (χ0) is 24.2. The van der Waals surface area contributed by atoms with Gasteiger partial charge in [0.05, 0.1) is 6.10 Å². The molecule has 0 aliphatic heterocycles. The van der Waals surface area contributed by atoms with Crippen LogP contribution in [-0.4, -0.2) is 6.10 Å². The van der Waals surface area contributed by atoms with E-state index in [1.165, 1.54) is 33.4 Å². The lowest BCUT2D eigenvalue weighted by molar-refractivity contribution is 0.236. The summed E-state index contributed by atoms with van der Waals surface area (Å²) in [4.78, 5) is 0. The van der Waals surface area contributed by atoms with Crippen LogP contribution in [0.2, 0.25) is 0 Å². The standard InChI is InChI=1S/C32H42O/c1-9-26-27(20-22(2)3)29(32(6,7)8)21-28(31(26)33-23(4)5)30(24-16-12-10-13-17-24)25-18-14-11-15-19-25/h10-19,21-23,30H,9,20H2,1-8H3. The lowest BCUT2D eigenvalue weighted by atomic mass is 9.74. The van der Waals surface area contributed by atoms with E-state index in [9.17, 15) is 0 Å². The number of ether oxygens (including phenoxy) is 1. The molecular formula is C32H42O. The minimum Gasteiger partial charge on any atom is -0.490 e. The molecule has 0 heterocycles. The Bertz CT molecular complexity index is 984. The van der Waals surface area contributed by atoms with E-state index < -0.39 is 0 Å². The van der Waals surface area contributed by atoms with Gasteiger partial charge < -0.3 is 4.74 Å². The molecule has 0 saturated carbocycles. The monoisotopic (exact) mass is 442 g/mol. The van der Waals surface area contributed by atoms with Crippen LogP contribution in [-0.2, 0) is 18.3 Å². The first-order valence-corrected chi connectivity index (χ1v) is 12.6. The predicted molar refractivity (Wildman–Crippen MR) is 143 cm³/mol. The van der Waals surface area contributed by atoms with Crippen molar-refractivity contribution in [3.05, 3.63) is 100 Å². The van der Waals surface area contributed by atoms with E-state index in [1.807, 2.05) is 0 Å². The van der Waals surface area contributed by atoms with Crippen molar-refractivity contribution < 1.29 is 4.74 Å². The lowest BCUT2D eigenvalue weighted by Gasteiger charge is -2.32. The fourth-order valence-electron chi connectivity index (χ4n) is 4.90. The van der Waals surface area contributed by atoms with E-state index in [4.69, 9.17) is 4.74 Å². The van der Waals surface area contributed by atoms with Crippen molar-refractivity contribution in [1.29, 1.82) is 0 Å². The van der Waals surface area contributed by atoms with Gasteiger partial charge in [0.2, 0.25) is 0 Å². The fraction of sp³-hybridized carbons (Fsp3) is 0.438. The van der Waals surface area contributed by atoms with Crippen molar-refractivity contribution in [2.45, 2.75) is 85.7 Å². The highest BCUT2D eigenvalue weighted by Gasteiger charge is 2.30. The Balaban J connectivity index is 2.43. The summed E-state index contributed by atoms with van der Waals surface area (Å²) in [6, 6.07) is 24.3. The smallest absolute Gasteiger partial charge is 0.127 e. The van der Waals surface area contributed by atoms with Crippen molar-refractivity contribution in [2.24, 2.45) is 5.92 Å². The SMILES string of the molecule is CCc1c(CC(C)C)c(C(C)(C)C)cc(C(c2ccccc2)c2ccccc2)c1OC(C)C. The minimum absolute atomic E-state index is 0.0528. The molecule has 0 atom stereocenters. The van der Waals surface area contributed by atoms with Crippen LogP contribution in [0.3, 0.4) is 0 Å². The van der Waals surface area contributed by atoms with Gasteiger partial charge in [-0.1, -0.05) is 108 Å². The molecule has 3 aromatic rings. The highest BCUT2D eigenvalue weighted by atomic mass is 16.5. The van der Waals surface area contributed by atoms with E-state index >= 15 is 0 Å². The van der Waals surface area contributed by atoms with Gasteiger partial charge in [0.25, 0.3) is 0 Å². The Labute approximate surface area is 202 Å². The van der Waals surface area contributed by atoms with Gasteiger partial charge >= 0.3 is 0 Å². The summed E-state index contributed by atoms with van der Waals surface area (Å²) in [6.07, 6.45) is 2.16. The average Bonchev–Trinajstić information content (AvgIpc) is 2.75.